The quantitative estimate of drug-likeness (QED) is 0.513. The fourth-order valence-electron chi connectivity index (χ4n) is 3.02. The highest BCUT2D eigenvalue weighted by Gasteiger charge is 2.18. The van der Waals surface area contributed by atoms with E-state index in [0.717, 1.165) is 22.6 Å². The fourth-order valence-corrected chi connectivity index (χ4v) is 3.02. The van der Waals surface area contributed by atoms with Crippen molar-refractivity contribution in [2.75, 3.05) is 5.43 Å². The summed E-state index contributed by atoms with van der Waals surface area (Å²) in [6.45, 7) is 3.75. The molecule has 0 atom stereocenters. The van der Waals surface area contributed by atoms with Gasteiger partial charge in [-0.1, -0.05) is 48.5 Å². The van der Waals surface area contributed by atoms with E-state index in [9.17, 15) is 4.79 Å². The van der Waals surface area contributed by atoms with E-state index in [1.54, 1.807) is 10.9 Å². The average Bonchev–Trinajstić information content (AvgIpc) is 3.18. The Kier molecular flexibility index (Phi) is 5.03. The molecule has 0 saturated carbocycles. The van der Waals surface area contributed by atoms with E-state index >= 15 is 0 Å². The molecule has 0 bridgehead atoms. The molecule has 0 aliphatic carbocycles. The minimum absolute atomic E-state index is 0.325. The molecule has 144 valence electrons. The van der Waals surface area contributed by atoms with Gasteiger partial charge in [-0.05, 0) is 32.0 Å². The van der Waals surface area contributed by atoms with E-state index in [4.69, 9.17) is 0 Å². The molecule has 0 fully saturated rings. The Morgan fingerprint density at radius 3 is 2.17 bits per heavy atom. The predicted octanol–water partition coefficient (Wildman–Crippen LogP) is 3.70. The lowest BCUT2D eigenvalue weighted by atomic mass is 10.1. The second-order valence-corrected chi connectivity index (χ2v) is 6.59. The fraction of sp³-hybridized carbons (Fsp3) is 0.0909. The van der Waals surface area contributed by atoms with Gasteiger partial charge in [0.25, 0.3) is 5.91 Å². The van der Waals surface area contributed by atoms with Crippen LogP contribution in [0.4, 0.5) is 5.95 Å². The summed E-state index contributed by atoms with van der Waals surface area (Å²) in [6.07, 6.45) is 1.72. The summed E-state index contributed by atoms with van der Waals surface area (Å²) in [6, 6.07) is 21.1. The van der Waals surface area contributed by atoms with Crippen molar-refractivity contribution in [1.82, 2.24) is 25.2 Å². The monoisotopic (exact) mass is 384 g/mol. The van der Waals surface area contributed by atoms with Crippen molar-refractivity contribution in [3.05, 3.63) is 89.9 Å². The van der Waals surface area contributed by atoms with E-state index in [1.165, 1.54) is 0 Å². The Balaban J connectivity index is 1.66. The van der Waals surface area contributed by atoms with Crippen molar-refractivity contribution >= 4 is 11.9 Å². The number of benzene rings is 2. The number of hydrazine groups is 1. The molecule has 2 heterocycles. The second kappa shape index (κ2) is 7.93. The van der Waals surface area contributed by atoms with Gasteiger partial charge in [0.05, 0.1) is 11.3 Å². The molecule has 1 amide bonds. The molecule has 4 aromatic rings. The number of anilines is 1. The van der Waals surface area contributed by atoms with Crippen molar-refractivity contribution in [2.24, 2.45) is 0 Å². The van der Waals surface area contributed by atoms with Gasteiger partial charge in [-0.2, -0.15) is 5.10 Å². The number of nitrogens with zero attached hydrogens (tertiary/aromatic N) is 4. The molecule has 2 aromatic heterocycles. The van der Waals surface area contributed by atoms with Gasteiger partial charge in [0.15, 0.2) is 0 Å². The smallest absolute Gasteiger partial charge is 0.267 e. The van der Waals surface area contributed by atoms with Gasteiger partial charge in [-0.3, -0.25) is 15.6 Å². The molecule has 7 nitrogen and oxygen atoms in total. The number of hydrogen-bond acceptors (Lipinski definition) is 5. The van der Waals surface area contributed by atoms with Crippen LogP contribution in [0.1, 0.15) is 21.7 Å². The van der Waals surface area contributed by atoms with Gasteiger partial charge in [-0.25, -0.2) is 14.6 Å². The Hall–Kier alpha value is -4.00. The normalized spacial score (nSPS) is 10.6. The minimum atomic E-state index is -0.325. The second-order valence-electron chi connectivity index (χ2n) is 6.59. The maximum atomic E-state index is 12.9. The summed E-state index contributed by atoms with van der Waals surface area (Å²) >= 11 is 0. The van der Waals surface area contributed by atoms with Gasteiger partial charge in [0.2, 0.25) is 5.95 Å². The van der Waals surface area contributed by atoms with Crippen LogP contribution in [0.2, 0.25) is 0 Å². The third kappa shape index (κ3) is 4.14. The van der Waals surface area contributed by atoms with Crippen molar-refractivity contribution in [3.63, 3.8) is 0 Å². The van der Waals surface area contributed by atoms with Crippen LogP contribution in [-0.2, 0) is 0 Å². The van der Waals surface area contributed by atoms with Gasteiger partial charge in [0, 0.05) is 23.1 Å². The number of hydrogen-bond donors (Lipinski definition) is 2. The molecule has 0 aliphatic heterocycles. The molecule has 7 heteroatoms. The maximum absolute atomic E-state index is 12.9. The Bertz CT molecular complexity index is 1120. The highest BCUT2D eigenvalue weighted by Crippen LogP contribution is 2.23. The standard InChI is InChI=1S/C22H20N6O/c1-15-13-16(2)24-22(23-15)26-25-21(29)19-14-28(18-11-7-4-8-12-18)27-20(19)17-9-5-3-6-10-17/h3-14H,1-2H3,(H,25,29)(H,23,24,26). The first-order valence-corrected chi connectivity index (χ1v) is 9.19. The number of nitrogens with one attached hydrogen (secondary N) is 2. The van der Waals surface area contributed by atoms with Crippen LogP contribution in [0, 0.1) is 13.8 Å². The van der Waals surface area contributed by atoms with Crippen molar-refractivity contribution < 1.29 is 4.79 Å². The first kappa shape index (κ1) is 18.4. The van der Waals surface area contributed by atoms with E-state index in [0.29, 0.717) is 17.2 Å². The van der Waals surface area contributed by atoms with Crippen LogP contribution in [-0.4, -0.2) is 25.7 Å². The molecule has 2 aromatic carbocycles. The van der Waals surface area contributed by atoms with Gasteiger partial charge in [0.1, 0.15) is 5.69 Å². The van der Waals surface area contributed by atoms with E-state index < -0.39 is 0 Å². The molecular formula is C22H20N6O. The highest BCUT2D eigenvalue weighted by molar-refractivity contribution is 6.00. The van der Waals surface area contributed by atoms with Crippen LogP contribution >= 0.6 is 0 Å². The van der Waals surface area contributed by atoms with E-state index in [2.05, 4.69) is 25.9 Å². The Labute approximate surface area is 168 Å². The Morgan fingerprint density at radius 2 is 1.52 bits per heavy atom. The van der Waals surface area contributed by atoms with Gasteiger partial charge >= 0.3 is 0 Å². The number of carbonyl (C=O) groups excluding carboxylic acids is 1. The number of carbonyl (C=O) groups is 1. The van der Waals surface area contributed by atoms with Crippen LogP contribution in [0.5, 0.6) is 0 Å². The molecule has 0 saturated heterocycles. The number of rotatable bonds is 5. The van der Waals surface area contributed by atoms with Crippen molar-refractivity contribution in [1.29, 1.82) is 0 Å². The first-order chi connectivity index (χ1) is 14.1. The zero-order chi connectivity index (χ0) is 20.2. The van der Waals surface area contributed by atoms with Gasteiger partial charge < -0.3 is 0 Å². The Morgan fingerprint density at radius 1 is 0.897 bits per heavy atom. The lowest BCUT2D eigenvalue weighted by Crippen LogP contribution is -2.30. The summed E-state index contributed by atoms with van der Waals surface area (Å²) < 4.78 is 1.70. The summed E-state index contributed by atoms with van der Waals surface area (Å²) in [4.78, 5) is 21.5. The van der Waals surface area contributed by atoms with Crippen LogP contribution in [0.15, 0.2) is 72.9 Å². The largest absolute Gasteiger partial charge is 0.273 e. The lowest BCUT2D eigenvalue weighted by Gasteiger charge is -2.08. The summed E-state index contributed by atoms with van der Waals surface area (Å²) in [5.41, 5.74) is 9.86. The van der Waals surface area contributed by atoms with Crippen LogP contribution in [0.25, 0.3) is 16.9 Å². The zero-order valence-corrected chi connectivity index (χ0v) is 16.1. The molecule has 0 radical (unpaired) electrons. The molecule has 2 N–H and O–H groups in total. The number of amides is 1. The molecule has 4 rings (SSSR count). The summed E-state index contributed by atoms with van der Waals surface area (Å²) in [5.74, 6) is 0.0151. The molecular weight excluding hydrogens is 364 g/mol. The third-order valence-corrected chi connectivity index (χ3v) is 4.30. The molecule has 0 aliphatic rings. The predicted molar refractivity (Wildman–Crippen MR) is 112 cm³/mol. The third-order valence-electron chi connectivity index (χ3n) is 4.30. The average molecular weight is 384 g/mol. The highest BCUT2D eigenvalue weighted by atomic mass is 16.2. The van der Waals surface area contributed by atoms with Crippen LogP contribution in [0.3, 0.4) is 0 Å². The van der Waals surface area contributed by atoms with E-state index in [1.807, 2.05) is 80.6 Å². The topological polar surface area (TPSA) is 84.7 Å². The number of aromatic nitrogens is 4. The maximum Gasteiger partial charge on any atom is 0.273 e. The number of para-hydroxylation sites is 1. The van der Waals surface area contributed by atoms with E-state index in [-0.39, 0.29) is 5.91 Å². The number of aryl methyl sites for hydroxylation is 2. The molecule has 0 spiro atoms. The van der Waals surface area contributed by atoms with Gasteiger partial charge in [-0.15, -0.1) is 0 Å². The zero-order valence-electron chi connectivity index (χ0n) is 16.1. The first-order valence-electron chi connectivity index (χ1n) is 9.19. The van der Waals surface area contributed by atoms with Crippen LogP contribution < -0.4 is 10.9 Å². The minimum Gasteiger partial charge on any atom is -0.267 e. The van der Waals surface area contributed by atoms with Crippen molar-refractivity contribution in [3.8, 4) is 16.9 Å². The summed E-state index contributed by atoms with van der Waals surface area (Å²) in [5, 5.41) is 4.65. The molecule has 29 heavy (non-hydrogen) atoms. The molecule has 0 unspecified atom stereocenters. The summed E-state index contributed by atoms with van der Waals surface area (Å²) in [7, 11) is 0. The lowest BCUT2D eigenvalue weighted by molar-refractivity contribution is 0.0963. The van der Waals surface area contributed by atoms with Crippen molar-refractivity contribution in [2.45, 2.75) is 13.8 Å². The SMILES string of the molecule is Cc1cc(C)nc(NNC(=O)c2cn(-c3ccccc3)nc2-c2ccccc2)n1.